The molecule has 5 aliphatic carbocycles. The number of carbonyl (C=O) groups excluding carboxylic acids is 1. The molecule has 0 amide bonds. The van der Waals surface area contributed by atoms with Crippen LogP contribution in [0.15, 0.2) is 0 Å². The first kappa shape index (κ1) is 12.2. The van der Waals surface area contributed by atoms with Crippen molar-refractivity contribution in [2.45, 2.75) is 70.8 Å². The average molecular weight is 274 g/mol. The summed E-state index contributed by atoms with van der Waals surface area (Å²) in [6, 6.07) is 0. The van der Waals surface area contributed by atoms with Crippen molar-refractivity contribution in [2.24, 2.45) is 34.0 Å². The maximum atomic E-state index is 12.3. The molecule has 0 bridgehead atoms. The van der Waals surface area contributed by atoms with Gasteiger partial charge in [-0.3, -0.25) is 4.79 Å². The highest BCUT2D eigenvalue weighted by atomic mass is 16.3. The van der Waals surface area contributed by atoms with Crippen LogP contribution < -0.4 is 0 Å². The monoisotopic (exact) mass is 274 g/mol. The molecule has 0 radical (unpaired) electrons. The Hall–Kier alpha value is -0.370. The largest absolute Gasteiger partial charge is 0.393 e. The first-order valence-electron chi connectivity index (χ1n) is 8.75. The average Bonchev–Trinajstić information content (AvgIpc) is 2.93. The minimum Gasteiger partial charge on any atom is -0.393 e. The molecular weight excluding hydrogens is 248 g/mol. The van der Waals surface area contributed by atoms with Crippen LogP contribution in [0.4, 0.5) is 0 Å². The molecule has 0 heterocycles. The van der Waals surface area contributed by atoms with E-state index in [4.69, 9.17) is 0 Å². The Labute approximate surface area is 121 Å². The molecule has 0 unspecified atom stereocenters. The van der Waals surface area contributed by atoms with E-state index in [-0.39, 0.29) is 16.9 Å². The van der Waals surface area contributed by atoms with Gasteiger partial charge in [-0.2, -0.15) is 0 Å². The molecule has 5 rings (SSSR count). The topological polar surface area (TPSA) is 37.3 Å². The zero-order valence-electron chi connectivity index (χ0n) is 12.5. The Morgan fingerprint density at radius 2 is 1.90 bits per heavy atom. The second-order valence-electron chi connectivity index (χ2n) is 8.89. The number of carbonyl (C=O) groups is 1. The number of aliphatic hydroxyl groups excluding tert-OH is 1. The van der Waals surface area contributed by atoms with Crippen molar-refractivity contribution in [3.8, 4) is 0 Å². The van der Waals surface area contributed by atoms with Crippen LogP contribution in [0.2, 0.25) is 0 Å². The van der Waals surface area contributed by atoms with Crippen molar-refractivity contribution in [1.82, 2.24) is 0 Å². The molecular formula is C18H26O2. The van der Waals surface area contributed by atoms with E-state index in [0.717, 1.165) is 30.6 Å². The lowest BCUT2D eigenvalue weighted by Crippen LogP contribution is -2.48. The second kappa shape index (κ2) is 3.34. The summed E-state index contributed by atoms with van der Waals surface area (Å²) in [7, 11) is 0. The van der Waals surface area contributed by atoms with Crippen molar-refractivity contribution in [2.75, 3.05) is 0 Å². The lowest BCUT2D eigenvalue weighted by atomic mass is 9.52. The van der Waals surface area contributed by atoms with Crippen LogP contribution in [0.25, 0.3) is 0 Å². The van der Waals surface area contributed by atoms with Crippen LogP contribution in [0, 0.1) is 34.0 Å². The van der Waals surface area contributed by atoms with Gasteiger partial charge >= 0.3 is 0 Å². The van der Waals surface area contributed by atoms with Crippen LogP contribution >= 0.6 is 0 Å². The Morgan fingerprint density at radius 1 is 1.05 bits per heavy atom. The lowest BCUT2D eigenvalue weighted by Gasteiger charge is -2.52. The van der Waals surface area contributed by atoms with Crippen molar-refractivity contribution < 1.29 is 9.90 Å². The molecule has 1 N–H and O–H groups in total. The molecule has 5 saturated carbocycles. The van der Waals surface area contributed by atoms with Crippen molar-refractivity contribution in [1.29, 1.82) is 0 Å². The van der Waals surface area contributed by atoms with Crippen LogP contribution in [0.1, 0.15) is 64.7 Å². The summed E-state index contributed by atoms with van der Waals surface area (Å²) >= 11 is 0. The molecule has 0 aromatic heterocycles. The van der Waals surface area contributed by atoms with E-state index in [1.165, 1.54) is 44.9 Å². The molecule has 5 aliphatic rings. The maximum absolute atomic E-state index is 12.3. The molecule has 5 fully saturated rings. The molecule has 7 atom stereocenters. The summed E-state index contributed by atoms with van der Waals surface area (Å²) in [5.41, 5.74) is 0.774. The minimum absolute atomic E-state index is 0.0675. The van der Waals surface area contributed by atoms with Gasteiger partial charge in [0.2, 0.25) is 0 Å². The molecule has 0 aromatic carbocycles. The smallest absolute Gasteiger partial charge is 0.139 e. The lowest BCUT2D eigenvalue weighted by molar-refractivity contribution is -0.126. The molecule has 20 heavy (non-hydrogen) atoms. The van der Waals surface area contributed by atoms with Crippen molar-refractivity contribution >= 4 is 5.78 Å². The van der Waals surface area contributed by atoms with Crippen LogP contribution in [0.5, 0.6) is 0 Å². The second-order valence-corrected chi connectivity index (χ2v) is 8.89. The highest BCUT2D eigenvalue weighted by Crippen LogP contribution is 2.83. The quantitative estimate of drug-likeness (QED) is 0.735. The molecule has 110 valence electrons. The van der Waals surface area contributed by atoms with E-state index in [9.17, 15) is 9.90 Å². The molecule has 2 heteroatoms. The number of rotatable bonds is 0. The summed E-state index contributed by atoms with van der Waals surface area (Å²) < 4.78 is 0. The normalized spacial score (nSPS) is 63.4. The first-order valence-corrected chi connectivity index (χ1v) is 8.75. The molecule has 0 aromatic rings. The molecule has 0 spiro atoms. The van der Waals surface area contributed by atoms with E-state index < -0.39 is 0 Å². The third kappa shape index (κ3) is 1.07. The third-order valence-corrected chi connectivity index (χ3v) is 8.78. The van der Waals surface area contributed by atoms with Gasteiger partial charge in [0, 0.05) is 11.8 Å². The van der Waals surface area contributed by atoms with Crippen LogP contribution in [-0.2, 0) is 4.79 Å². The standard InChI is InChI=1S/C18H26O2/c1-16-7-5-13-11(12(16)2-3-14(16)19)4-8-18-10-17(13,18)9-6-15(18)20/h11-14,19H,2-10H2,1H3/t11-,12-,13-,14-,16-,17+,18+/m0/s1. The molecule has 0 aliphatic heterocycles. The van der Waals surface area contributed by atoms with Crippen molar-refractivity contribution in [3.63, 3.8) is 0 Å². The third-order valence-electron chi connectivity index (χ3n) is 8.78. The number of ketones is 1. The fourth-order valence-corrected chi connectivity index (χ4v) is 7.68. The van der Waals surface area contributed by atoms with E-state index in [0.29, 0.717) is 11.2 Å². The van der Waals surface area contributed by atoms with E-state index in [1.54, 1.807) is 0 Å². The van der Waals surface area contributed by atoms with Gasteiger partial charge in [-0.1, -0.05) is 6.92 Å². The van der Waals surface area contributed by atoms with Gasteiger partial charge in [0.05, 0.1) is 6.10 Å². The zero-order valence-corrected chi connectivity index (χ0v) is 12.5. The number of hydrogen-bond donors (Lipinski definition) is 1. The number of Topliss-reactive ketones (excluding diaryl/α,β-unsaturated/α-hetero) is 1. The highest BCUT2D eigenvalue weighted by Gasteiger charge is 2.79. The molecule has 0 saturated heterocycles. The van der Waals surface area contributed by atoms with Gasteiger partial charge in [0.25, 0.3) is 0 Å². The van der Waals surface area contributed by atoms with E-state index >= 15 is 0 Å². The summed E-state index contributed by atoms with van der Waals surface area (Å²) in [6.07, 6.45) is 10.4. The SMILES string of the molecule is C[C@]12CC[C@H]3[C@@H](CC[C@]45C[C@]34CCC5=O)[C@@H]1CC[C@@H]2O. The predicted molar refractivity (Wildman–Crippen MR) is 76.0 cm³/mol. The fourth-order valence-electron chi connectivity index (χ4n) is 7.68. The van der Waals surface area contributed by atoms with Gasteiger partial charge in [0.15, 0.2) is 0 Å². The van der Waals surface area contributed by atoms with Gasteiger partial charge < -0.3 is 5.11 Å². The van der Waals surface area contributed by atoms with Gasteiger partial charge in [-0.15, -0.1) is 0 Å². The molecule has 2 nitrogen and oxygen atoms in total. The summed E-state index contributed by atoms with van der Waals surface area (Å²) in [5, 5.41) is 10.4. The van der Waals surface area contributed by atoms with Crippen LogP contribution in [-0.4, -0.2) is 17.0 Å². The Morgan fingerprint density at radius 3 is 2.75 bits per heavy atom. The fraction of sp³-hybridized carbons (Fsp3) is 0.944. The van der Waals surface area contributed by atoms with E-state index in [1.807, 2.05) is 0 Å². The summed E-state index contributed by atoms with van der Waals surface area (Å²) in [4.78, 5) is 12.3. The maximum Gasteiger partial charge on any atom is 0.139 e. The summed E-state index contributed by atoms with van der Waals surface area (Å²) in [5.74, 6) is 2.97. The predicted octanol–water partition coefficient (Wildman–Crippen LogP) is 3.32. The Kier molecular flexibility index (Phi) is 2.04. The van der Waals surface area contributed by atoms with Gasteiger partial charge in [-0.25, -0.2) is 0 Å². The van der Waals surface area contributed by atoms with Gasteiger partial charge in [0.1, 0.15) is 5.78 Å². The van der Waals surface area contributed by atoms with Crippen molar-refractivity contribution in [3.05, 3.63) is 0 Å². The highest BCUT2D eigenvalue weighted by molar-refractivity contribution is 5.92. The summed E-state index contributed by atoms with van der Waals surface area (Å²) in [6.45, 7) is 2.35. The number of fused-ring (bicyclic) bond motifs is 3. The Bertz CT molecular complexity index is 500. The van der Waals surface area contributed by atoms with Gasteiger partial charge in [-0.05, 0) is 80.0 Å². The zero-order chi connectivity index (χ0) is 13.8. The minimum atomic E-state index is -0.0675. The first-order chi connectivity index (χ1) is 9.54. The Balaban J connectivity index is 1.52. The van der Waals surface area contributed by atoms with Crippen LogP contribution in [0.3, 0.4) is 0 Å². The number of hydrogen-bond acceptors (Lipinski definition) is 2. The number of aliphatic hydroxyl groups is 1. The van der Waals surface area contributed by atoms with E-state index in [2.05, 4.69) is 6.92 Å².